The standard InChI is InChI=1S/C20H14N2O14S4/c23-13-8-14(38(28,29)30)11-3-1-2-4-12(11)18(13)21-22-19-17-9(6-16(20(19)24)40(34,35)36)5-10(37(25,26)27)7-15(17)39(31,32)33/h1-8,23-24H,(H,25,26,27)(H,28,29,30)(H,31,32,33)(H,34,35,36). The van der Waals surface area contributed by atoms with Crippen LogP contribution in [0.15, 0.2) is 78.3 Å². The molecule has 0 fully saturated rings. The van der Waals surface area contributed by atoms with Gasteiger partial charge in [-0.05, 0) is 23.6 Å². The number of fused-ring (bicyclic) bond motifs is 2. The van der Waals surface area contributed by atoms with E-state index in [0.717, 1.165) is 0 Å². The summed E-state index contributed by atoms with van der Waals surface area (Å²) in [5.74, 6) is -2.34. The second-order valence-electron chi connectivity index (χ2n) is 7.98. The van der Waals surface area contributed by atoms with E-state index in [1.165, 1.54) is 24.3 Å². The van der Waals surface area contributed by atoms with Gasteiger partial charge in [-0.3, -0.25) is 18.2 Å². The van der Waals surface area contributed by atoms with E-state index >= 15 is 0 Å². The van der Waals surface area contributed by atoms with Crippen LogP contribution in [0.5, 0.6) is 11.5 Å². The molecule has 0 aromatic heterocycles. The van der Waals surface area contributed by atoms with Crippen molar-refractivity contribution in [3.8, 4) is 11.5 Å². The quantitative estimate of drug-likeness (QED) is 0.131. The fraction of sp³-hybridized carbons (Fsp3) is 0. The van der Waals surface area contributed by atoms with Gasteiger partial charge in [0.2, 0.25) is 0 Å². The zero-order valence-electron chi connectivity index (χ0n) is 19.1. The maximum absolute atomic E-state index is 12.1. The number of hydrogen-bond acceptors (Lipinski definition) is 12. The second kappa shape index (κ2) is 9.42. The normalized spacial score (nSPS) is 13.4. The number of nitrogens with zero attached hydrogens (tertiary/aromatic N) is 2. The Morgan fingerprint density at radius 3 is 1.60 bits per heavy atom. The van der Waals surface area contributed by atoms with Gasteiger partial charge in [0.05, 0.1) is 4.90 Å². The zero-order chi connectivity index (χ0) is 30.0. The summed E-state index contributed by atoms with van der Waals surface area (Å²) in [7, 11) is -20.7. The first kappa shape index (κ1) is 29.2. The Bertz CT molecular complexity index is 2230. The molecule has 6 N–H and O–H groups in total. The molecule has 0 aliphatic rings. The number of aromatic hydroxyl groups is 2. The van der Waals surface area contributed by atoms with Gasteiger partial charge in [0.25, 0.3) is 40.5 Å². The van der Waals surface area contributed by atoms with Crippen LogP contribution >= 0.6 is 0 Å². The number of phenols is 2. The van der Waals surface area contributed by atoms with E-state index in [1.807, 2.05) is 0 Å². The van der Waals surface area contributed by atoms with E-state index in [4.69, 9.17) is 0 Å². The highest BCUT2D eigenvalue weighted by Crippen LogP contribution is 2.46. The zero-order valence-corrected chi connectivity index (χ0v) is 22.4. The van der Waals surface area contributed by atoms with E-state index in [-0.39, 0.29) is 16.8 Å². The molecule has 0 aliphatic carbocycles. The molecule has 4 rings (SSSR count). The largest absolute Gasteiger partial charge is 0.506 e. The number of azo groups is 1. The maximum Gasteiger partial charge on any atom is 0.298 e. The first-order chi connectivity index (χ1) is 18.2. The Labute approximate surface area is 224 Å². The van der Waals surface area contributed by atoms with Gasteiger partial charge >= 0.3 is 0 Å². The smallest absolute Gasteiger partial charge is 0.298 e. The predicted octanol–water partition coefficient (Wildman–Crippen LogP) is 2.81. The molecule has 0 spiro atoms. The van der Waals surface area contributed by atoms with Gasteiger partial charge in [-0.2, -0.15) is 33.7 Å². The molecule has 0 bridgehead atoms. The fourth-order valence-corrected chi connectivity index (χ4v) is 6.50. The average Bonchev–Trinajstić information content (AvgIpc) is 2.80. The summed E-state index contributed by atoms with van der Waals surface area (Å²) >= 11 is 0. The van der Waals surface area contributed by atoms with E-state index in [1.54, 1.807) is 0 Å². The van der Waals surface area contributed by atoms with Gasteiger partial charge in [0.1, 0.15) is 31.8 Å². The van der Waals surface area contributed by atoms with Crippen LogP contribution in [0.25, 0.3) is 21.5 Å². The highest BCUT2D eigenvalue weighted by molar-refractivity contribution is 7.87. The molecule has 20 heteroatoms. The Morgan fingerprint density at radius 2 is 1.07 bits per heavy atom. The lowest BCUT2D eigenvalue weighted by molar-refractivity contribution is 0.444. The van der Waals surface area contributed by atoms with Crippen molar-refractivity contribution < 1.29 is 62.1 Å². The molecule has 0 heterocycles. The van der Waals surface area contributed by atoms with Crippen molar-refractivity contribution in [3.63, 3.8) is 0 Å². The van der Waals surface area contributed by atoms with Crippen LogP contribution < -0.4 is 0 Å². The molecule has 0 amide bonds. The predicted molar refractivity (Wildman–Crippen MR) is 135 cm³/mol. The minimum absolute atomic E-state index is 0.155. The Kier molecular flexibility index (Phi) is 6.88. The molecular formula is C20H14N2O14S4. The molecule has 0 saturated carbocycles. The topological polar surface area (TPSA) is 283 Å². The number of benzene rings is 4. The maximum atomic E-state index is 12.1. The van der Waals surface area contributed by atoms with Crippen molar-refractivity contribution in [3.05, 3.63) is 48.5 Å². The number of rotatable bonds is 6. The van der Waals surface area contributed by atoms with Gasteiger partial charge in [0.15, 0.2) is 5.75 Å². The molecule has 4 aromatic rings. The highest BCUT2D eigenvalue weighted by atomic mass is 32.2. The Morgan fingerprint density at radius 1 is 0.550 bits per heavy atom. The molecule has 0 aliphatic heterocycles. The molecule has 40 heavy (non-hydrogen) atoms. The SMILES string of the molecule is O=S(=O)(O)c1cc(S(=O)(=O)O)c2c(N=Nc3c(O)cc(S(=O)(=O)O)c4ccccc34)c(O)c(S(=O)(=O)O)cc2c1. The summed E-state index contributed by atoms with van der Waals surface area (Å²) in [6.45, 7) is 0. The monoisotopic (exact) mass is 634 g/mol. The molecule has 0 atom stereocenters. The van der Waals surface area contributed by atoms with Crippen LogP contribution in [0.3, 0.4) is 0 Å². The molecule has 0 radical (unpaired) electrons. The second-order valence-corrected chi connectivity index (χ2v) is 13.6. The first-order valence-corrected chi connectivity index (χ1v) is 15.9. The van der Waals surface area contributed by atoms with Gasteiger partial charge in [-0.15, -0.1) is 10.2 Å². The third-order valence-corrected chi connectivity index (χ3v) is 8.90. The van der Waals surface area contributed by atoms with Crippen molar-refractivity contribution in [1.29, 1.82) is 0 Å². The number of phenolic OH excluding ortho intramolecular Hbond substituents is 2. The summed E-state index contributed by atoms with van der Waals surface area (Å²) in [6.07, 6.45) is 0. The van der Waals surface area contributed by atoms with Crippen molar-refractivity contribution >= 4 is 73.4 Å². The van der Waals surface area contributed by atoms with Crippen LogP contribution in [-0.4, -0.2) is 62.1 Å². The van der Waals surface area contributed by atoms with E-state index in [0.29, 0.717) is 18.2 Å². The summed E-state index contributed by atoms with van der Waals surface area (Å²) in [5, 5.41) is 26.5. The summed E-state index contributed by atoms with van der Waals surface area (Å²) < 4.78 is 133. The highest BCUT2D eigenvalue weighted by Gasteiger charge is 2.29. The molecule has 0 unspecified atom stereocenters. The molecule has 4 aromatic carbocycles. The molecule has 0 saturated heterocycles. The van der Waals surface area contributed by atoms with Gasteiger partial charge in [0, 0.05) is 22.2 Å². The van der Waals surface area contributed by atoms with Gasteiger partial charge < -0.3 is 10.2 Å². The minimum Gasteiger partial charge on any atom is -0.506 e. The van der Waals surface area contributed by atoms with E-state index < -0.39 is 93.7 Å². The van der Waals surface area contributed by atoms with E-state index in [2.05, 4.69) is 10.2 Å². The van der Waals surface area contributed by atoms with E-state index in [9.17, 15) is 62.1 Å². The van der Waals surface area contributed by atoms with Crippen LogP contribution in [-0.2, 0) is 40.5 Å². The molecule has 16 nitrogen and oxygen atoms in total. The van der Waals surface area contributed by atoms with Crippen LogP contribution in [0.1, 0.15) is 0 Å². The Hall–Kier alpha value is -3.76. The minimum atomic E-state index is -5.39. The van der Waals surface area contributed by atoms with Gasteiger partial charge in [-0.25, -0.2) is 0 Å². The van der Waals surface area contributed by atoms with Crippen LogP contribution in [0.4, 0.5) is 11.4 Å². The lowest BCUT2D eigenvalue weighted by atomic mass is 10.1. The summed E-state index contributed by atoms with van der Waals surface area (Å²) in [6, 6.07) is 7.02. The van der Waals surface area contributed by atoms with Crippen molar-refractivity contribution in [2.75, 3.05) is 0 Å². The summed E-state index contributed by atoms with van der Waals surface area (Å²) in [4.78, 5) is -4.47. The molecular weight excluding hydrogens is 620 g/mol. The third kappa shape index (κ3) is 5.33. The van der Waals surface area contributed by atoms with Crippen LogP contribution in [0, 0.1) is 0 Å². The lowest BCUT2D eigenvalue weighted by Gasteiger charge is -2.13. The fourth-order valence-electron chi connectivity index (χ4n) is 3.80. The van der Waals surface area contributed by atoms with Crippen molar-refractivity contribution in [1.82, 2.24) is 0 Å². The van der Waals surface area contributed by atoms with Crippen molar-refractivity contribution in [2.45, 2.75) is 19.6 Å². The third-order valence-electron chi connectivity index (χ3n) is 5.43. The molecule has 212 valence electrons. The lowest BCUT2D eigenvalue weighted by Crippen LogP contribution is -2.06. The van der Waals surface area contributed by atoms with Crippen LogP contribution in [0.2, 0.25) is 0 Å². The van der Waals surface area contributed by atoms with Gasteiger partial charge in [-0.1, -0.05) is 24.3 Å². The first-order valence-electron chi connectivity index (χ1n) is 10.1. The Balaban J connectivity index is 2.18. The van der Waals surface area contributed by atoms with Crippen molar-refractivity contribution in [2.24, 2.45) is 10.2 Å². The average molecular weight is 635 g/mol. The number of hydrogen-bond donors (Lipinski definition) is 6. The summed E-state index contributed by atoms with van der Waals surface area (Å²) in [5.41, 5.74) is -1.61.